The van der Waals surface area contributed by atoms with Crippen molar-refractivity contribution < 1.29 is 0 Å². The van der Waals surface area contributed by atoms with Crippen molar-refractivity contribution in [3.05, 3.63) is 0 Å². The first-order chi connectivity index (χ1) is 8.36. The minimum absolute atomic E-state index is 0.236. The predicted molar refractivity (Wildman–Crippen MR) is 81.0 cm³/mol. The summed E-state index contributed by atoms with van der Waals surface area (Å²) in [6, 6.07) is 0.712. The van der Waals surface area contributed by atoms with Gasteiger partial charge in [0, 0.05) is 24.7 Å². The second kappa shape index (κ2) is 6.38. The molecule has 1 rings (SSSR count). The molecule has 108 valence electrons. The van der Waals surface area contributed by atoms with Crippen LogP contribution in [0.5, 0.6) is 0 Å². The molecule has 1 aliphatic heterocycles. The summed E-state index contributed by atoms with van der Waals surface area (Å²) >= 11 is 0. The highest BCUT2D eigenvalue weighted by Crippen LogP contribution is 2.38. The number of rotatable bonds is 6. The number of hydrogen-bond acceptors (Lipinski definition) is 2. The molecule has 0 aliphatic carbocycles. The Balaban J connectivity index is 2.52. The maximum Gasteiger partial charge on any atom is 0.0218 e. The average molecular weight is 254 g/mol. The Morgan fingerprint density at radius 1 is 1.17 bits per heavy atom. The van der Waals surface area contributed by atoms with Crippen molar-refractivity contribution in [1.29, 1.82) is 0 Å². The first-order valence-corrected chi connectivity index (χ1v) is 7.85. The van der Waals surface area contributed by atoms with Crippen LogP contribution in [0.2, 0.25) is 0 Å². The fourth-order valence-corrected chi connectivity index (χ4v) is 3.06. The number of nitrogens with one attached hydrogen (secondary N) is 1. The summed E-state index contributed by atoms with van der Waals surface area (Å²) in [6.07, 6.45) is 5.32. The monoisotopic (exact) mass is 254 g/mol. The molecular weight excluding hydrogens is 220 g/mol. The molecule has 0 aromatic rings. The van der Waals surface area contributed by atoms with Gasteiger partial charge in [-0.15, -0.1) is 0 Å². The lowest BCUT2D eigenvalue weighted by Crippen LogP contribution is -2.47. The van der Waals surface area contributed by atoms with Crippen molar-refractivity contribution in [3.8, 4) is 0 Å². The van der Waals surface area contributed by atoms with Crippen molar-refractivity contribution in [2.24, 2.45) is 5.41 Å². The smallest absolute Gasteiger partial charge is 0.0218 e. The van der Waals surface area contributed by atoms with Gasteiger partial charge in [0.15, 0.2) is 0 Å². The van der Waals surface area contributed by atoms with Crippen LogP contribution in [0.25, 0.3) is 0 Å². The number of likely N-dealkylation sites (tertiary alicyclic amines) is 1. The van der Waals surface area contributed by atoms with Crippen molar-refractivity contribution in [2.45, 2.75) is 78.8 Å². The quantitative estimate of drug-likeness (QED) is 0.778. The van der Waals surface area contributed by atoms with Gasteiger partial charge in [0.1, 0.15) is 0 Å². The molecule has 0 aromatic carbocycles. The zero-order chi connectivity index (χ0) is 13.8. The van der Waals surface area contributed by atoms with Gasteiger partial charge in [-0.3, -0.25) is 4.90 Å². The summed E-state index contributed by atoms with van der Waals surface area (Å²) in [7, 11) is 0. The molecule has 1 saturated heterocycles. The Kier molecular flexibility index (Phi) is 5.67. The van der Waals surface area contributed by atoms with E-state index in [2.05, 4.69) is 51.8 Å². The minimum Gasteiger partial charge on any atom is -0.311 e. The van der Waals surface area contributed by atoms with E-state index < -0.39 is 0 Å². The molecule has 1 N–H and O–H groups in total. The highest BCUT2D eigenvalue weighted by molar-refractivity contribution is 4.91. The lowest BCUT2D eigenvalue weighted by molar-refractivity contribution is 0.179. The molecule has 2 nitrogen and oxygen atoms in total. The Morgan fingerprint density at radius 3 is 2.17 bits per heavy atom. The van der Waals surface area contributed by atoms with E-state index in [0.29, 0.717) is 11.5 Å². The van der Waals surface area contributed by atoms with Gasteiger partial charge >= 0.3 is 0 Å². The predicted octanol–water partition coefficient (Wildman–Crippen LogP) is 3.67. The second-order valence-electron chi connectivity index (χ2n) is 7.12. The zero-order valence-electron chi connectivity index (χ0n) is 13.5. The van der Waals surface area contributed by atoms with Crippen molar-refractivity contribution in [3.63, 3.8) is 0 Å². The van der Waals surface area contributed by atoms with Crippen molar-refractivity contribution in [2.75, 3.05) is 19.6 Å². The van der Waals surface area contributed by atoms with Gasteiger partial charge in [0.25, 0.3) is 0 Å². The average Bonchev–Trinajstić information content (AvgIpc) is 2.74. The van der Waals surface area contributed by atoms with E-state index in [4.69, 9.17) is 0 Å². The first kappa shape index (κ1) is 16.0. The van der Waals surface area contributed by atoms with E-state index in [0.717, 1.165) is 6.54 Å². The summed E-state index contributed by atoms with van der Waals surface area (Å²) in [6.45, 7) is 17.6. The number of nitrogens with zero attached hydrogens (tertiary/aromatic N) is 1. The van der Waals surface area contributed by atoms with Crippen LogP contribution in [0.15, 0.2) is 0 Å². The Hall–Kier alpha value is -0.0800. The van der Waals surface area contributed by atoms with Gasteiger partial charge in [0.2, 0.25) is 0 Å². The van der Waals surface area contributed by atoms with E-state index >= 15 is 0 Å². The van der Waals surface area contributed by atoms with Gasteiger partial charge in [-0.25, -0.2) is 0 Å². The molecule has 0 bridgehead atoms. The molecule has 1 fully saturated rings. The van der Waals surface area contributed by atoms with E-state index in [1.165, 1.54) is 38.8 Å². The maximum atomic E-state index is 3.67. The van der Waals surface area contributed by atoms with Crippen LogP contribution in [0, 0.1) is 5.41 Å². The SMILES string of the molecule is CCC(CNC(C)(C)C)N1CCC(CC)(CC)C1. The third kappa shape index (κ3) is 4.24. The normalized spacial score (nSPS) is 22.3. The third-order valence-electron chi connectivity index (χ3n) is 4.82. The van der Waals surface area contributed by atoms with Crippen molar-refractivity contribution >= 4 is 0 Å². The van der Waals surface area contributed by atoms with Crippen LogP contribution in [0.4, 0.5) is 0 Å². The van der Waals surface area contributed by atoms with Gasteiger partial charge in [-0.1, -0.05) is 20.8 Å². The summed E-state index contributed by atoms with van der Waals surface area (Å²) in [5.74, 6) is 0. The van der Waals surface area contributed by atoms with E-state index in [9.17, 15) is 0 Å². The molecule has 1 heterocycles. The largest absolute Gasteiger partial charge is 0.311 e. The van der Waals surface area contributed by atoms with Crippen LogP contribution >= 0.6 is 0 Å². The molecule has 0 radical (unpaired) electrons. The second-order valence-corrected chi connectivity index (χ2v) is 7.12. The van der Waals surface area contributed by atoms with E-state index in [-0.39, 0.29) is 5.54 Å². The van der Waals surface area contributed by atoms with E-state index in [1.54, 1.807) is 0 Å². The standard InChI is InChI=1S/C16H34N2/c1-7-14(12-17-15(4,5)6)18-11-10-16(8-2,9-3)13-18/h14,17H,7-13H2,1-6H3. The summed E-state index contributed by atoms with van der Waals surface area (Å²) in [4.78, 5) is 2.73. The molecule has 1 unspecified atom stereocenters. The Labute approximate surface area is 115 Å². The van der Waals surface area contributed by atoms with Gasteiger partial charge in [0.05, 0.1) is 0 Å². The maximum absolute atomic E-state index is 3.67. The molecule has 0 aromatic heterocycles. The Bertz CT molecular complexity index is 238. The summed E-state index contributed by atoms with van der Waals surface area (Å²) < 4.78 is 0. The zero-order valence-corrected chi connectivity index (χ0v) is 13.5. The topological polar surface area (TPSA) is 15.3 Å². The van der Waals surface area contributed by atoms with Crippen LogP contribution in [0.1, 0.15) is 67.2 Å². The van der Waals surface area contributed by atoms with Crippen molar-refractivity contribution in [1.82, 2.24) is 10.2 Å². The van der Waals surface area contributed by atoms with Gasteiger partial charge in [-0.2, -0.15) is 0 Å². The molecule has 1 atom stereocenters. The lowest BCUT2D eigenvalue weighted by Gasteiger charge is -2.33. The molecule has 18 heavy (non-hydrogen) atoms. The number of hydrogen-bond donors (Lipinski definition) is 1. The van der Waals surface area contributed by atoms with Crippen LogP contribution in [-0.2, 0) is 0 Å². The fraction of sp³-hybridized carbons (Fsp3) is 1.00. The Morgan fingerprint density at radius 2 is 1.78 bits per heavy atom. The molecule has 2 heteroatoms. The highest BCUT2D eigenvalue weighted by Gasteiger charge is 2.37. The van der Waals surface area contributed by atoms with Crippen LogP contribution in [-0.4, -0.2) is 36.1 Å². The van der Waals surface area contributed by atoms with Gasteiger partial charge in [-0.05, 0) is 58.4 Å². The molecule has 0 saturated carbocycles. The molecule has 0 spiro atoms. The third-order valence-corrected chi connectivity index (χ3v) is 4.82. The van der Waals surface area contributed by atoms with Gasteiger partial charge < -0.3 is 5.32 Å². The van der Waals surface area contributed by atoms with Crippen LogP contribution in [0.3, 0.4) is 0 Å². The minimum atomic E-state index is 0.236. The highest BCUT2D eigenvalue weighted by atomic mass is 15.2. The first-order valence-electron chi connectivity index (χ1n) is 7.85. The summed E-state index contributed by atoms with van der Waals surface area (Å²) in [5.41, 5.74) is 0.842. The van der Waals surface area contributed by atoms with Crippen LogP contribution < -0.4 is 5.32 Å². The summed E-state index contributed by atoms with van der Waals surface area (Å²) in [5, 5.41) is 3.67. The fourth-order valence-electron chi connectivity index (χ4n) is 3.06. The molecule has 1 aliphatic rings. The molecule has 0 amide bonds. The molecular formula is C16H34N2. The van der Waals surface area contributed by atoms with E-state index in [1.807, 2.05) is 0 Å². The lowest BCUT2D eigenvalue weighted by atomic mass is 9.82.